The molecule has 0 spiro atoms. The van der Waals surface area contributed by atoms with Gasteiger partial charge in [0.2, 0.25) is 5.91 Å². The Labute approximate surface area is 146 Å². The molecule has 0 saturated carbocycles. The number of benzene rings is 1. The molecule has 7 heteroatoms. The number of amides is 2. The van der Waals surface area contributed by atoms with Crippen molar-refractivity contribution in [2.45, 2.75) is 19.4 Å². The Morgan fingerprint density at radius 3 is 2.50 bits per heavy atom. The number of fused-ring (bicyclic) bond motifs is 1. The van der Waals surface area contributed by atoms with Gasteiger partial charge in [-0.15, -0.1) is 0 Å². The number of hydrogen-bond donors (Lipinski definition) is 0. The normalized spacial score (nSPS) is 17.0. The van der Waals surface area contributed by atoms with Gasteiger partial charge in [0.25, 0.3) is 5.24 Å². The summed E-state index contributed by atoms with van der Waals surface area (Å²) in [7, 11) is 3.24. The maximum Gasteiger partial charge on any atom is 0.281 e. The summed E-state index contributed by atoms with van der Waals surface area (Å²) in [4.78, 5) is 27.7. The number of rotatable bonds is 5. The summed E-state index contributed by atoms with van der Waals surface area (Å²) in [5, 5.41) is 0.0867. The first-order valence-electron chi connectivity index (χ1n) is 8.05. The molecule has 0 N–H and O–H groups in total. The van der Waals surface area contributed by atoms with E-state index in [2.05, 4.69) is 0 Å². The number of nitrogens with zero attached hydrogens (tertiary/aromatic N) is 2. The quantitative estimate of drug-likeness (QED) is 0.814. The second-order valence-electron chi connectivity index (χ2n) is 5.89. The number of hydrogen-bond acceptors (Lipinski definition) is 5. The fourth-order valence-corrected chi connectivity index (χ4v) is 3.97. The second-order valence-corrected chi connectivity index (χ2v) is 6.94. The van der Waals surface area contributed by atoms with Crippen LogP contribution in [0.15, 0.2) is 12.1 Å². The molecule has 0 unspecified atom stereocenters. The highest BCUT2D eigenvalue weighted by atomic mass is 32.2. The molecule has 0 bridgehead atoms. The molecule has 24 heavy (non-hydrogen) atoms. The molecule has 2 aliphatic rings. The lowest BCUT2D eigenvalue weighted by Gasteiger charge is -2.30. The van der Waals surface area contributed by atoms with Crippen molar-refractivity contribution in [3.63, 3.8) is 0 Å². The van der Waals surface area contributed by atoms with Gasteiger partial charge >= 0.3 is 0 Å². The summed E-state index contributed by atoms with van der Waals surface area (Å²) in [6, 6.07) is 3.95. The molecule has 1 fully saturated rings. The zero-order chi connectivity index (χ0) is 17.1. The third kappa shape index (κ3) is 3.45. The van der Waals surface area contributed by atoms with Crippen LogP contribution in [0.2, 0.25) is 0 Å². The van der Waals surface area contributed by atoms with Crippen molar-refractivity contribution in [1.29, 1.82) is 0 Å². The van der Waals surface area contributed by atoms with E-state index in [4.69, 9.17) is 9.47 Å². The van der Waals surface area contributed by atoms with E-state index in [9.17, 15) is 9.59 Å². The van der Waals surface area contributed by atoms with Crippen molar-refractivity contribution in [2.75, 3.05) is 39.6 Å². The van der Waals surface area contributed by atoms with E-state index < -0.39 is 0 Å². The zero-order valence-corrected chi connectivity index (χ0v) is 14.9. The second kappa shape index (κ2) is 7.34. The predicted molar refractivity (Wildman–Crippen MR) is 92.7 cm³/mol. The van der Waals surface area contributed by atoms with Crippen molar-refractivity contribution < 1.29 is 19.1 Å². The molecule has 0 aliphatic carbocycles. The molecule has 0 aromatic heterocycles. The van der Waals surface area contributed by atoms with Crippen LogP contribution < -0.4 is 9.47 Å². The fourth-order valence-electron chi connectivity index (χ4n) is 3.11. The Kier molecular flexibility index (Phi) is 5.18. The minimum Gasteiger partial charge on any atom is -0.493 e. The van der Waals surface area contributed by atoms with Crippen LogP contribution in [0.25, 0.3) is 0 Å². The largest absolute Gasteiger partial charge is 0.493 e. The molecule has 6 nitrogen and oxygen atoms in total. The molecule has 1 aromatic rings. The highest BCUT2D eigenvalue weighted by Gasteiger charge is 2.25. The van der Waals surface area contributed by atoms with E-state index in [-0.39, 0.29) is 11.1 Å². The maximum absolute atomic E-state index is 12.5. The number of ether oxygens (including phenoxy) is 2. The highest BCUT2D eigenvalue weighted by Crippen LogP contribution is 2.33. The summed E-state index contributed by atoms with van der Waals surface area (Å²) in [6.07, 6.45) is 1.19. The van der Waals surface area contributed by atoms with Crippen LogP contribution in [-0.4, -0.2) is 60.6 Å². The van der Waals surface area contributed by atoms with Gasteiger partial charge in [0.15, 0.2) is 11.5 Å². The third-order valence-corrected chi connectivity index (χ3v) is 5.40. The van der Waals surface area contributed by atoms with Gasteiger partial charge in [-0.05, 0) is 29.7 Å². The predicted octanol–water partition coefficient (Wildman–Crippen LogP) is 2.15. The maximum atomic E-state index is 12.5. The van der Waals surface area contributed by atoms with Crippen molar-refractivity contribution in [3.05, 3.63) is 23.3 Å². The molecule has 0 radical (unpaired) electrons. The smallest absolute Gasteiger partial charge is 0.281 e. The minimum atomic E-state index is 0.0867. The monoisotopic (exact) mass is 350 g/mol. The van der Waals surface area contributed by atoms with Gasteiger partial charge in [-0.25, -0.2) is 0 Å². The van der Waals surface area contributed by atoms with Crippen LogP contribution >= 0.6 is 11.8 Å². The van der Waals surface area contributed by atoms with Crippen LogP contribution in [0.3, 0.4) is 0 Å². The Morgan fingerprint density at radius 2 is 1.88 bits per heavy atom. The van der Waals surface area contributed by atoms with Crippen molar-refractivity contribution in [1.82, 2.24) is 9.80 Å². The molecule has 2 aliphatic heterocycles. The average molecular weight is 350 g/mol. The van der Waals surface area contributed by atoms with Crippen molar-refractivity contribution in [3.8, 4) is 11.5 Å². The van der Waals surface area contributed by atoms with Crippen LogP contribution in [0.4, 0.5) is 4.79 Å². The summed E-state index contributed by atoms with van der Waals surface area (Å²) < 4.78 is 10.7. The lowest BCUT2D eigenvalue weighted by Crippen LogP contribution is -2.38. The first-order valence-corrected chi connectivity index (χ1v) is 9.04. The van der Waals surface area contributed by atoms with Gasteiger partial charge in [-0.1, -0.05) is 11.8 Å². The summed E-state index contributed by atoms with van der Waals surface area (Å²) in [5.74, 6) is 2.33. The van der Waals surface area contributed by atoms with Gasteiger partial charge in [-0.3, -0.25) is 9.59 Å². The lowest BCUT2D eigenvalue weighted by molar-refractivity contribution is -0.132. The Balaban J connectivity index is 1.63. The van der Waals surface area contributed by atoms with E-state index in [1.807, 2.05) is 17.0 Å². The van der Waals surface area contributed by atoms with Crippen LogP contribution in [0, 0.1) is 0 Å². The first-order chi connectivity index (χ1) is 11.6. The number of thioether (sulfide) groups is 1. The van der Waals surface area contributed by atoms with E-state index in [1.54, 1.807) is 19.1 Å². The van der Waals surface area contributed by atoms with E-state index >= 15 is 0 Å². The van der Waals surface area contributed by atoms with Gasteiger partial charge in [0, 0.05) is 38.4 Å². The van der Waals surface area contributed by atoms with Gasteiger partial charge < -0.3 is 19.3 Å². The van der Waals surface area contributed by atoms with Gasteiger partial charge in [-0.2, -0.15) is 0 Å². The fraction of sp³-hybridized carbons (Fsp3) is 0.529. The van der Waals surface area contributed by atoms with Crippen LogP contribution in [0.5, 0.6) is 11.5 Å². The minimum absolute atomic E-state index is 0.0867. The Morgan fingerprint density at radius 1 is 1.17 bits per heavy atom. The molecule has 2 heterocycles. The Hall–Kier alpha value is -1.89. The topological polar surface area (TPSA) is 59.1 Å². The number of methoxy groups -OCH3 is 2. The van der Waals surface area contributed by atoms with Crippen LogP contribution in [-0.2, 0) is 17.8 Å². The number of carbonyl (C=O) groups is 2. The molecule has 0 atom stereocenters. The molecule has 1 saturated heterocycles. The SMILES string of the molecule is COc1cc2c(cc1OC)CN(C(=O)CCN1CCSC1=O)CC2. The van der Waals surface area contributed by atoms with Crippen molar-refractivity contribution >= 4 is 22.9 Å². The van der Waals surface area contributed by atoms with Gasteiger partial charge in [0.05, 0.1) is 14.2 Å². The zero-order valence-electron chi connectivity index (χ0n) is 14.0. The number of carbonyl (C=O) groups excluding carboxylic acids is 2. The van der Waals surface area contributed by atoms with Gasteiger partial charge in [0.1, 0.15) is 0 Å². The first kappa shape index (κ1) is 17.0. The van der Waals surface area contributed by atoms with Crippen LogP contribution in [0.1, 0.15) is 17.5 Å². The standard InChI is InChI=1S/C17H22N2O4S/c1-22-14-9-12-3-5-19(11-13(12)10-15(14)23-2)16(20)4-6-18-7-8-24-17(18)21/h9-10H,3-8,11H2,1-2H3. The molecule has 3 rings (SSSR count). The molecule has 1 aromatic carbocycles. The summed E-state index contributed by atoms with van der Waals surface area (Å²) >= 11 is 1.33. The van der Waals surface area contributed by atoms with Crippen molar-refractivity contribution in [2.24, 2.45) is 0 Å². The summed E-state index contributed by atoms with van der Waals surface area (Å²) in [6.45, 7) is 2.54. The van der Waals surface area contributed by atoms with E-state index in [0.717, 1.165) is 30.0 Å². The Bertz CT molecular complexity index is 650. The average Bonchev–Trinajstić information content (AvgIpc) is 3.02. The molecular formula is C17H22N2O4S. The van der Waals surface area contributed by atoms with E-state index in [1.165, 1.54) is 17.3 Å². The van der Waals surface area contributed by atoms with E-state index in [0.29, 0.717) is 31.8 Å². The third-order valence-electron chi connectivity index (χ3n) is 4.51. The lowest BCUT2D eigenvalue weighted by atomic mass is 9.98. The highest BCUT2D eigenvalue weighted by molar-refractivity contribution is 8.13. The summed E-state index contributed by atoms with van der Waals surface area (Å²) in [5.41, 5.74) is 2.29. The molecule has 2 amide bonds. The molecular weight excluding hydrogens is 328 g/mol. The molecule has 130 valence electrons.